The van der Waals surface area contributed by atoms with Crippen LogP contribution in [-0.4, -0.2) is 24.5 Å². The normalized spacial score (nSPS) is 26.9. The molecule has 19 heavy (non-hydrogen) atoms. The van der Waals surface area contributed by atoms with Gasteiger partial charge in [0.2, 0.25) is 0 Å². The molecule has 1 heterocycles. The van der Waals surface area contributed by atoms with Gasteiger partial charge in [0.05, 0.1) is 0 Å². The van der Waals surface area contributed by atoms with E-state index in [0.29, 0.717) is 5.41 Å². The van der Waals surface area contributed by atoms with Crippen molar-refractivity contribution in [3.8, 4) is 0 Å². The van der Waals surface area contributed by atoms with Gasteiger partial charge < -0.3 is 4.90 Å². The lowest BCUT2D eigenvalue weighted by atomic mass is 9.64. The van der Waals surface area contributed by atoms with Crippen molar-refractivity contribution in [2.75, 3.05) is 19.6 Å². The zero-order valence-electron chi connectivity index (χ0n) is 11.9. The summed E-state index contributed by atoms with van der Waals surface area (Å²) in [5, 5.41) is 0.852. The minimum Gasteiger partial charge on any atom is -0.302 e. The fraction of sp³-hybridized carbons (Fsp3) is 0.647. The molecule has 2 aliphatic rings. The standard InChI is InChI=1S/C17H24ClN/c1-14-4-2-11-19(12-14)13-17(9-3-10-17)15-5-7-16(18)8-6-15/h5-8,14H,2-4,9-13H2,1H3. The molecule has 0 radical (unpaired) electrons. The number of halogens is 1. The van der Waals surface area contributed by atoms with Crippen molar-refractivity contribution in [3.63, 3.8) is 0 Å². The zero-order chi connectivity index (χ0) is 13.3. The van der Waals surface area contributed by atoms with E-state index in [4.69, 9.17) is 11.6 Å². The van der Waals surface area contributed by atoms with Gasteiger partial charge in [0.1, 0.15) is 0 Å². The highest BCUT2D eigenvalue weighted by atomic mass is 35.5. The van der Waals surface area contributed by atoms with Crippen molar-refractivity contribution in [2.45, 2.75) is 44.4 Å². The third-order valence-electron chi connectivity index (χ3n) is 5.03. The summed E-state index contributed by atoms with van der Waals surface area (Å²) in [6, 6.07) is 8.59. The Morgan fingerprint density at radius 3 is 2.53 bits per heavy atom. The second-order valence-corrected chi connectivity index (χ2v) is 7.06. The first-order valence-electron chi connectivity index (χ1n) is 7.66. The molecule has 0 spiro atoms. The van der Waals surface area contributed by atoms with Gasteiger partial charge in [-0.1, -0.05) is 37.1 Å². The van der Waals surface area contributed by atoms with E-state index in [1.807, 2.05) is 0 Å². The van der Waals surface area contributed by atoms with Crippen LogP contribution in [0.4, 0.5) is 0 Å². The lowest BCUT2D eigenvalue weighted by Crippen LogP contribution is -2.48. The molecule has 2 heteroatoms. The highest BCUT2D eigenvalue weighted by Crippen LogP contribution is 2.45. The van der Waals surface area contributed by atoms with Gasteiger partial charge in [0.15, 0.2) is 0 Å². The quantitative estimate of drug-likeness (QED) is 0.787. The number of likely N-dealkylation sites (tertiary alicyclic amines) is 1. The van der Waals surface area contributed by atoms with Crippen molar-refractivity contribution in [1.29, 1.82) is 0 Å². The molecule has 2 fully saturated rings. The average molecular weight is 278 g/mol. The Morgan fingerprint density at radius 1 is 1.21 bits per heavy atom. The number of benzene rings is 1. The Kier molecular flexibility index (Phi) is 3.86. The molecule has 1 atom stereocenters. The van der Waals surface area contributed by atoms with E-state index in [2.05, 4.69) is 36.1 Å². The van der Waals surface area contributed by atoms with Crippen LogP contribution >= 0.6 is 11.6 Å². The summed E-state index contributed by atoms with van der Waals surface area (Å²) < 4.78 is 0. The molecule has 1 aromatic rings. The van der Waals surface area contributed by atoms with Gasteiger partial charge in [-0.2, -0.15) is 0 Å². The number of hydrogen-bond donors (Lipinski definition) is 0. The molecular weight excluding hydrogens is 254 g/mol. The molecular formula is C17H24ClN. The molecule has 1 unspecified atom stereocenters. The molecule has 1 aliphatic heterocycles. The Labute approximate surface area is 121 Å². The Hall–Kier alpha value is -0.530. The summed E-state index contributed by atoms with van der Waals surface area (Å²) >= 11 is 6.02. The fourth-order valence-electron chi connectivity index (χ4n) is 3.80. The van der Waals surface area contributed by atoms with Crippen molar-refractivity contribution < 1.29 is 0 Å². The van der Waals surface area contributed by atoms with Gasteiger partial charge in [-0.05, 0) is 55.8 Å². The van der Waals surface area contributed by atoms with E-state index in [9.17, 15) is 0 Å². The maximum absolute atomic E-state index is 6.02. The summed E-state index contributed by atoms with van der Waals surface area (Å²) in [6.45, 7) is 6.22. The van der Waals surface area contributed by atoms with Crippen LogP contribution in [0.25, 0.3) is 0 Å². The summed E-state index contributed by atoms with van der Waals surface area (Å²) in [4.78, 5) is 2.70. The number of nitrogens with zero attached hydrogens (tertiary/aromatic N) is 1. The first-order valence-corrected chi connectivity index (χ1v) is 8.04. The number of rotatable bonds is 3. The lowest BCUT2D eigenvalue weighted by molar-refractivity contribution is 0.103. The minimum absolute atomic E-state index is 0.418. The minimum atomic E-state index is 0.418. The summed E-state index contributed by atoms with van der Waals surface area (Å²) in [5.74, 6) is 0.871. The van der Waals surface area contributed by atoms with Gasteiger partial charge >= 0.3 is 0 Å². The van der Waals surface area contributed by atoms with Crippen LogP contribution in [0.5, 0.6) is 0 Å². The van der Waals surface area contributed by atoms with Crippen LogP contribution in [-0.2, 0) is 5.41 Å². The van der Waals surface area contributed by atoms with Crippen molar-refractivity contribution in [2.24, 2.45) is 5.92 Å². The Morgan fingerprint density at radius 2 is 1.95 bits per heavy atom. The smallest absolute Gasteiger partial charge is 0.0406 e. The van der Waals surface area contributed by atoms with Gasteiger partial charge in [0.25, 0.3) is 0 Å². The van der Waals surface area contributed by atoms with Gasteiger partial charge in [-0.25, -0.2) is 0 Å². The van der Waals surface area contributed by atoms with E-state index < -0.39 is 0 Å². The fourth-order valence-corrected chi connectivity index (χ4v) is 3.93. The molecule has 0 aromatic heterocycles. The van der Waals surface area contributed by atoms with Crippen molar-refractivity contribution >= 4 is 11.6 Å². The summed E-state index contributed by atoms with van der Waals surface area (Å²) in [6.07, 6.45) is 6.85. The maximum Gasteiger partial charge on any atom is 0.0406 e. The van der Waals surface area contributed by atoms with E-state index in [0.717, 1.165) is 10.9 Å². The molecule has 1 aliphatic carbocycles. The highest BCUT2D eigenvalue weighted by Gasteiger charge is 2.40. The van der Waals surface area contributed by atoms with Gasteiger partial charge in [0, 0.05) is 23.5 Å². The third kappa shape index (κ3) is 2.83. The van der Waals surface area contributed by atoms with Crippen LogP contribution in [0.1, 0.15) is 44.6 Å². The Balaban J connectivity index is 1.74. The number of piperidine rings is 1. The molecule has 1 aromatic carbocycles. The summed E-state index contributed by atoms with van der Waals surface area (Å²) in [5.41, 5.74) is 1.92. The first-order chi connectivity index (χ1) is 9.18. The SMILES string of the molecule is CC1CCCN(CC2(c3ccc(Cl)cc3)CCC2)C1. The van der Waals surface area contributed by atoms with Gasteiger partial charge in [-0.15, -0.1) is 0 Å². The molecule has 1 saturated heterocycles. The Bertz CT molecular complexity index is 421. The zero-order valence-corrected chi connectivity index (χ0v) is 12.6. The first kappa shape index (κ1) is 13.5. The van der Waals surface area contributed by atoms with Crippen molar-refractivity contribution in [3.05, 3.63) is 34.9 Å². The van der Waals surface area contributed by atoms with E-state index in [1.54, 1.807) is 0 Å². The predicted octanol–water partition coefficient (Wildman–Crippen LogP) is 4.49. The monoisotopic (exact) mass is 277 g/mol. The van der Waals surface area contributed by atoms with Crippen molar-refractivity contribution in [1.82, 2.24) is 4.90 Å². The molecule has 104 valence electrons. The molecule has 1 saturated carbocycles. The van der Waals surface area contributed by atoms with E-state index >= 15 is 0 Å². The van der Waals surface area contributed by atoms with Gasteiger partial charge in [-0.3, -0.25) is 0 Å². The van der Waals surface area contributed by atoms with Crippen LogP contribution in [0.3, 0.4) is 0 Å². The molecule has 1 nitrogen and oxygen atoms in total. The second kappa shape index (κ2) is 5.46. The topological polar surface area (TPSA) is 3.24 Å². The number of hydrogen-bond acceptors (Lipinski definition) is 1. The van der Waals surface area contributed by atoms with E-state index in [1.165, 1.54) is 57.3 Å². The average Bonchev–Trinajstić information content (AvgIpc) is 2.35. The van der Waals surface area contributed by atoms with Crippen LogP contribution in [0, 0.1) is 5.92 Å². The predicted molar refractivity (Wildman–Crippen MR) is 81.8 cm³/mol. The molecule has 0 bridgehead atoms. The van der Waals surface area contributed by atoms with Crippen LogP contribution in [0.15, 0.2) is 24.3 Å². The highest BCUT2D eigenvalue weighted by molar-refractivity contribution is 6.30. The lowest BCUT2D eigenvalue weighted by Gasteiger charge is -2.47. The largest absolute Gasteiger partial charge is 0.302 e. The molecule has 0 amide bonds. The summed E-state index contributed by atoms with van der Waals surface area (Å²) in [7, 11) is 0. The van der Waals surface area contributed by atoms with E-state index in [-0.39, 0.29) is 0 Å². The molecule has 0 N–H and O–H groups in total. The van der Waals surface area contributed by atoms with Crippen LogP contribution in [0.2, 0.25) is 5.02 Å². The third-order valence-corrected chi connectivity index (χ3v) is 5.29. The maximum atomic E-state index is 6.02. The molecule has 3 rings (SSSR count). The second-order valence-electron chi connectivity index (χ2n) is 6.62. The van der Waals surface area contributed by atoms with Crippen LogP contribution < -0.4 is 0 Å².